The molecule has 0 bridgehead atoms. The summed E-state index contributed by atoms with van der Waals surface area (Å²) in [6.45, 7) is 6.86. The number of nitrogens with one attached hydrogen (secondary N) is 1. The van der Waals surface area contributed by atoms with Gasteiger partial charge < -0.3 is 10.1 Å². The molecule has 0 radical (unpaired) electrons. The third kappa shape index (κ3) is 3.36. The summed E-state index contributed by atoms with van der Waals surface area (Å²) in [7, 11) is 0. The first-order valence-corrected chi connectivity index (χ1v) is 9.85. The van der Waals surface area contributed by atoms with Gasteiger partial charge in [0, 0.05) is 12.6 Å². The highest BCUT2D eigenvalue weighted by Gasteiger charge is 2.44. The van der Waals surface area contributed by atoms with Crippen LogP contribution in [0.3, 0.4) is 0 Å². The van der Waals surface area contributed by atoms with Crippen molar-refractivity contribution >= 4 is 11.8 Å². The normalized spacial score (nSPS) is 33.0. The van der Waals surface area contributed by atoms with Crippen molar-refractivity contribution < 1.29 is 4.74 Å². The lowest BCUT2D eigenvalue weighted by Crippen LogP contribution is -2.50. The van der Waals surface area contributed by atoms with Crippen molar-refractivity contribution in [3.05, 3.63) is 0 Å². The van der Waals surface area contributed by atoms with Crippen molar-refractivity contribution in [2.24, 2.45) is 17.8 Å². The Hall–Kier alpha value is 0.270. The predicted octanol–water partition coefficient (Wildman–Crippen LogP) is 3.70. The summed E-state index contributed by atoms with van der Waals surface area (Å²) in [4.78, 5) is 0. The number of ether oxygens (including phenoxy) is 1. The van der Waals surface area contributed by atoms with Crippen LogP contribution in [-0.2, 0) is 4.74 Å². The fourth-order valence-electron chi connectivity index (χ4n) is 4.40. The van der Waals surface area contributed by atoms with Gasteiger partial charge in [0.05, 0.1) is 5.60 Å². The van der Waals surface area contributed by atoms with E-state index in [1.54, 1.807) is 0 Å². The summed E-state index contributed by atoms with van der Waals surface area (Å²) < 4.78 is 6.28. The zero-order chi connectivity index (χ0) is 14.0. The molecule has 1 aliphatic carbocycles. The van der Waals surface area contributed by atoms with Gasteiger partial charge in [0.2, 0.25) is 0 Å². The molecule has 3 atom stereocenters. The van der Waals surface area contributed by atoms with Gasteiger partial charge in [-0.2, -0.15) is 11.8 Å². The average Bonchev–Trinajstić information content (AvgIpc) is 3.29. The molecule has 3 heteroatoms. The van der Waals surface area contributed by atoms with E-state index in [0.29, 0.717) is 0 Å². The van der Waals surface area contributed by atoms with Crippen LogP contribution in [0.25, 0.3) is 0 Å². The van der Waals surface area contributed by atoms with Crippen LogP contribution in [0, 0.1) is 17.8 Å². The van der Waals surface area contributed by atoms with Crippen molar-refractivity contribution in [1.29, 1.82) is 0 Å². The minimum absolute atomic E-state index is 0.241. The lowest BCUT2D eigenvalue weighted by molar-refractivity contribution is -0.110. The number of hydrogen-bond donors (Lipinski definition) is 1. The first-order valence-electron chi connectivity index (χ1n) is 8.69. The molecular weight excluding hydrogens is 266 g/mol. The Bertz CT molecular complexity index is 307. The molecule has 1 spiro atoms. The summed E-state index contributed by atoms with van der Waals surface area (Å²) in [5.74, 6) is 5.29. The summed E-state index contributed by atoms with van der Waals surface area (Å²) in [5, 5.41) is 3.83. The smallest absolute Gasteiger partial charge is 0.0701 e. The van der Waals surface area contributed by atoms with Gasteiger partial charge in [0.1, 0.15) is 0 Å². The van der Waals surface area contributed by atoms with E-state index in [4.69, 9.17) is 4.74 Å². The number of thioether (sulfide) groups is 1. The van der Waals surface area contributed by atoms with Gasteiger partial charge in [-0.15, -0.1) is 0 Å². The van der Waals surface area contributed by atoms with Crippen LogP contribution in [0.15, 0.2) is 0 Å². The van der Waals surface area contributed by atoms with Crippen LogP contribution in [0.1, 0.15) is 52.4 Å². The minimum atomic E-state index is 0.241. The molecule has 3 rings (SSSR count). The Morgan fingerprint density at radius 2 is 1.95 bits per heavy atom. The Kier molecular flexibility index (Phi) is 4.99. The monoisotopic (exact) mass is 297 g/mol. The van der Waals surface area contributed by atoms with Crippen LogP contribution in [-0.4, -0.2) is 36.3 Å². The van der Waals surface area contributed by atoms with E-state index in [0.717, 1.165) is 36.9 Å². The maximum absolute atomic E-state index is 6.28. The molecule has 0 amide bonds. The van der Waals surface area contributed by atoms with Gasteiger partial charge in [-0.05, 0) is 74.3 Å². The minimum Gasteiger partial charge on any atom is -0.375 e. The molecule has 2 saturated heterocycles. The predicted molar refractivity (Wildman–Crippen MR) is 87.3 cm³/mol. The van der Waals surface area contributed by atoms with Crippen molar-refractivity contribution in [2.75, 3.05) is 24.7 Å². The molecule has 0 aromatic carbocycles. The van der Waals surface area contributed by atoms with Crippen molar-refractivity contribution in [2.45, 2.75) is 64.0 Å². The second-order valence-electron chi connectivity index (χ2n) is 7.18. The highest BCUT2D eigenvalue weighted by Crippen LogP contribution is 2.45. The highest BCUT2D eigenvalue weighted by molar-refractivity contribution is 7.99. The standard InChI is InChI=1S/C17H31NOS/c1-3-18-16(13(2)14-4-5-14)15-6-9-19-17(12-15)7-10-20-11-8-17/h13-16,18H,3-12H2,1-2H3. The molecule has 0 aromatic rings. The molecule has 1 N–H and O–H groups in total. The van der Waals surface area contributed by atoms with Gasteiger partial charge in [0.25, 0.3) is 0 Å². The molecule has 20 heavy (non-hydrogen) atoms. The van der Waals surface area contributed by atoms with E-state index in [9.17, 15) is 0 Å². The molecular formula is C17H31NOS. The van der Waals surface area contributed by atoms with E-state index in [-0.39, 0.29) is 5.60 Å². The molecule has 2 heterocycles. The number of hydrogen-bond acceptors (Lipinski definition) is 3. The average molecular weight is 298 g/mol. The van der Waals surface area contributed by atoms with Crippen LogP contribution >= 0.6 is 11.8 Å². The van der Waals surface area contributed by atoms with E-state index in [2.05, 4.69) is 30.9 Å². The van der Waals surface area contributed by atoms with E-state index < -0.39 is 0 Å². The highest BCUT2D eigenvalue weighted by atomic mass is 32.2. The fraction of sp³-hybridized carbons (Fsp3) is 1.00. The Balaban J connectivity index is 1.66. The first-order chi connectivity index (χ1) is 9.74. The van der Waals surface area contributed by atoms with E-state index >= 15 is 0 Å². The molecule has 2 aliphatic heterocycles. The summed E-state index contributed by atoms with van der Waals surface area (Å²) >= 11 is 2.11. The van der Waals surface area contributed by atoms with Crippen LogP contribution in [0.5, 0.6) is 0 Å². The molecule has 1 saturated carbocycles. The molecule has 0 aromatic heterocycles. The van der Waals surface area contributed by atoms with Crippen molar-refractivity contribution in [3.8, 4) is 0 Å². The quantitative estimate of drug-likeness (QED) is 0.836. The van der Waals surface area contributed by atoms with Gasteiger partial charge in [0.15, 0.2) is 0 Å². The lowest BCUT2D eigenvalue weighted by Gasteiger charge is -2.46. The van der Waals surface area contributed by atoms with Gasteiger partial charge in [-0.25, -0.2) is 0 Å². The largest absolute Gasteiger partial charge is 0.375 e. The molecule has 3 fully saturated rings. The van der Waals surface area contributed by atoms with E-state index in [1.807, 2.05) is 0 Å². The van der Waals surface area contributed by atoms with Crippen molar-refractivity contribution in [3.63, 3.8) is 0 Å². The van der Waals surface area contributed by atoms with E-state index in [1.165, 1.54) is 50.0 Å². The zero-order valence-corrected chi connectivity index (χ0v) is 14.0. The third-order valence-corrected chi connectivity index (χ3v) is 6.80. The molecule has 116 valence electrons. The molecule has 3 aliphatic rings. The molecule has 2 nitrogen and oxygen atoms in total. The number of rotatable bonds is 5. The maximum atomic E-state index is 6.28. The summed E-state index contributed by atoms with van der Waals surface area (Å²) in [6.07, 6.45) is 8.07. The lowest BCUT2D eigenvalue weighted by atomic mass is 9.74. The second-order valence-corrected chi connectivity index (χ2v) is 8.40. The van der Waals surface area contributed by atoms with Crippen LogP contribution < -0.4 is 5.32 Å². The SMILES string of the molecule is CCNC(C1CCOC2(CCSCC2)C1)C(C)C1CC1. The van der Waals surface area contributed by atoms with Gasteiger partial charge in [-0.1, -0.05) is 13.8 Å². The Morgan fingerprint density at radius 1 is 1.20 bits per heavy atom. The Labute approximate surface area is 128 Å². The zero-order valence-electron chi connectivity index (χ0n) is 13.2. The first kappa shape index (κ1) is 15.2. The summed E-state index contributed by atoms with van der Waals surface area (Å²) in [6, 6.07) is 0.725. The van der Waals surface area contributed by atoms with Crippen LogP contribution in [0.2, 0.25) is 0 Å². The Morgan fingerprint density at radius 3 is 2.60 bits per heavy atom. The van der Waals surface area contributed by atoms with Gasteiger partial charge >= 0.3 is 0 Å². The van der Waals surface area contributed by atoms with Gasteiger partial charge in [-0.3, -0.25) is 0 Å². The summed E-state index contributed by atoms with van der Waals surface area (Å²) in [5.41, 5.74) is 0.241. The van der Waals surface area contributed by atoms with Crippen LogP contribution in [0.4, 0.5) is 0 Å². The third-order valence-electron chi connectivity index (χ3n) is 5.81. The van der Waals surface area contributed by atoms with Crippen molar-refractivity contribution in [1.82, 2.24) is 5.32 Å². The maximum Gasteiger partial charge on any atom is 0.0701 e. The fourth-order valence-corrected chi connectivity index (χ4v) is 5.63. The second kappa shape index (κ2) is 6.58. The topological polar surface area (TPSA) is 21.3 Å². The molecule has 3 unspecified atom stereocenters.